The van der Waals surface area contributed by atoms with Crippen molar-refractivity contribution in [3.05, 3.63) is 55.6 Å². The first-order valence-electron chi connectivity index (χ1n) is 4.98. The topological polar surface area (TPSA) is 41.5 Å². The number of halogens is 2. The van der Waals surface area contributed by atoms with Gasteiger partial charge in [-0.15, -0.1) is 11.3 Å². The molecular weight excluding hydrogens is 336 g/mol. The Morgan fingerprint density at radius 3 is 2.94 bits per heavy atom. The molecule has 92 valence electrons. The van der Waals surface area contributed by atoms with Crippen LogP contribution in [0.25, 0.3) is 0 Å². The average molecular weight is 344 g/mol. The SMILES string of the molecule is O=C(NN=Cc1cc(Br)cs1)c1cccc(Cl)c1. The van der Waals surface area contributed by atoms with E-state index in [9.17, 15) is 4.79 Å². The first-order chi connectivity index (χ1) is 8.65. The van der Waals surface area contributed by atoms with Gasteiger partial charge in [0.15, 0.2) is 0 Å². The lowest BCUT2D eigenvalue weighted by molar-refractivity contribution is 0.0955. The van der Waals surface area contributed by atoms with Gasteiger partial charge in [-0.25, -0.2) is 5.43 Å². The fraction of sp³-hybridized carbons (Fsp3) is 0. The number of nitrogens with one attached hydrogen (secondary N) is 1. The highest BCUT2D eigenvalue weighted by Gasteiger charge is 2.03. The van der Waals surface area contributed by atoms with E-state index in [4.69, 9.17) is 11.6 Å². The van der Waals surface area contributed by atoms with E-state index in [-0.39, 0.29) is 5.91 Å². The van der Waals surface area contributed by atoms with Crippen LogP contribution in [0.1, 0.15) is 15.2 Å². The first-order valence-corrected chi connectivity index (χ1v) is 7.03. The van der Waals surface area contributed by atoms with Crippen LogP contribution in [0, 0.1) is 0 Å². The van der Waals surface area contributed by atoms with Crippen LogP contribution in [0.2, 0.25) is 5.02 Å². The lowest BCUT2D eigenvalue weighted by Crippen LogP contribution is -2.17. The molecule has 0 saturated carbocycles. The molecule has 0 aliphatic heterocycles. The van der Waals surface area contributed by atoms with Crippen molar-refractivity contribution < 1.29 is 4.79 Å². The third-order valence-electron chi connectivity index (χ3n) is 2.03. The van der Waals surface area contributed by atoms with Crippen LogP contribution in [-0.2, 0) is 0 Å². The molecule has 0 radical (unpaired) electrons. The highest BCUT2D eigenvalue weighted by Crippen LogP contribution is 2.17. The Hall–Kier alpha value is -1.17. The first kappa shape index (κ1) is 13.3. The molecule has 0 aliphatic rings. The van der Waals surface area contributed by atoms with E-state index in [1.165, 1.54) is 11.3 Å². The molecule has 2 rings (SSSR count). The number of thiophene rings is 1. The maximum atomic E-state index is 11.7. The van der Waals surface area contributed by atoms with E-state index >= 15 is 0 Å². The maximum Gasteiger partial charge on any atom is 0.271 e. The lowest BCUT2D eigenvalue weighted by atomic mass is 10.2. The van der Waals surface area contributed by atoms with E-state index in [1.807, 2.05) is 11.4 Å². The zero-order valence-electron chi connectivity index (χ0n) is 9.06. The van der Waals surface area contributed by atoms with Gasteiger partial charge in [0.1, 0.15) is 0 Å². The van der Waals surface area contributed by atoms with Crippen molar-refractivity contribution in [1.29, 1.82) is 0 Å². The molecule has 1 heterocycles. The Labute approximate surface area is 122 Å². The maximum absolute atomic E-state index is 11.7. The predicted octanol–water partition coefficient (Wildman–Crippen LogP) is 3.93. The normalized spacial score (nSPS) is 10.8. The third-order valence-corrected chi connectivity index (χ3v) is 3.90. The van der Waals surface area contributed by atoms with Gasteiger partial charge in [-0.3, -0.25) is 4.79 Å². The molecule has 0 saturated heterocycles. The number of hydrazone groups is 1. The Morgan fingerprint density at radius 1 is 1.44 bits per heavy atom. The molecule has 6 heteroatoms. The van der Waals surface area contributed by atoms with Crippen molar-refractivity contribution >= 4 is 51.0 Å². The van der Waals surface area contributed by atoms with Gasteiger partial charge >= 0.3 is 0 Å². The summed E-state index contributed by atoms with van der Waals surface area (Å²) >= 11 is 10.7. The second kappa shape index (κ2) is 6.13. The zero-order valence-corrected chi connectivity index (χ0v) is 12.2. The summed E-state index contributed by atoms with van der Waals surface area (Å²) in [5.41, 5.74) is 2.93. The van der Waals surface area contributed by atoms with Crippen molar-refractivity contribution in [2.24, 2.45) is 5.10 Å². The second-order valence-corrected chi connectivity index (χ2v) is 5.67. The van der Waals surface area contributed by atoms with Crippen LogP contribution in [0.4, 0.5) is 0 Å². The molecule has 0 atom stereocenters. The Kier molecular flexibility index (Phi) is 4.52. The van der Waals surface area contributed by atoms with Crippen molar-refractivity contribution in [2.45, 2.75) is 0 Å². The van der Waals surface area contributed by atoms with E-state index < -0.39 is 0 Å². The monoisotopic (exact) mass is 342 g/mol. The van der Waals surface area contributed by atoms with Gasteiger partial charge in [0.25, 0.3) is 5.91 Å². The van der Waals surface area contributed by atoms with Crippen LogP contribution in [-0.4, -0.2) is 12.1 Å². The molecule has 1 amide bonds. The quantitative estimate of drug-likeness (QED) is 0.666. The molecule has 0 aliphatic carbocycles. The summed E-state index contributed by atoms with van der Waals surface area (Å²) in [5.74, 6) is -0.288. The minimum absolute atomic E-state index is 0.288. The summed E-state index contributed by atoms with van der Waals surface area (Å²) in [5, 5.41) is 6.35. The molecule has 18 heavy (non-hydrogen) atoms. The number of hydrogen-bond acceptors (Lipinski definition) is 3. The summed E-state index contributed by atoms with van der Waals surface area (Å²) < 4.78 is 0.995. The van der Waals surface area contributed by atoms with Gasteiger partial charge in [0.05, 0.1) is 6.21 Å². The van der Waals surface area contributed by atoms with Crippen LogP contribution in [0.3, 0.4) is 0 Å². The number of nitrogens with zero attached hydrogens (tertiary/aromatic N) is 1. The standard InChI is InChI=1S/C12H8BrClN2OS/c13-9-5-11(18-7-9)6-15-16-12(17)8-2-1-3-10(14)4-8/h1-7H,(H,16,17). The van der Waals surface area contributed by atoms with Crippen molar-refractivity contribution in [2.75, 3.05) is 0 Å². The van der Waals surface area contributed by atoms with E-state index in [0.717, 1.165) is 9.35 Å². The number of hydrogen-bond donors (Lipinski definition) is 1. The second-order valence-electron chi connectivity index (χ2n) is 3.38. The van der Waals surface area contributed by atoms with Gasteiger partial charge in [0.2, 0.25) is 0 Å². The number of rotatable bonds is 3. The van der Waals surface area contributed by atoms with Crippen LogP contribution < -0.4 is 5.43 Å². The number of carbonyl (C=O) groups excluding carboxylic acids is 1. The predicted molar refractivity (Wildman–Crippen MR) is 78.5 cm³/mol. The fourth-order valence-electron chi connectivity index (χ4n) is 1.24. The highest BCUT2D eigenvalue weighted by atomic mass is 79.9. The number of carbonyl (C=O) groups is 1. The summed E-state index contributed by atoms with van der Waals surface area (Å²) in [6, 6.07) is 8.62. The van der Waals surface area contributed by atoms with E-state index in [2.05, 4.69) is 26.5 Å². The van der Waals surface area contributed by atoms with E-state index in [1.54, 1.807) is 30.5 Å². The molecule has 1 aromatic carbocycles. The average Bonchev–Trinajstić information content (AvgIpc) is 2.75. The molecule has 2 aromatic rings. The summed E-state index contributed by atoms with van der Waals surface area (Å²) in [4.78, 5) is 12.7. The molecule has 0 unspecified atom stereocenters. The summed E-state index contributed by atoms with van der Waals surface area (Å²) in [6.07, 6.45) is 1.60. The van der Waals surface area contributed by atoms with Gasteiger partial charge < -0.3 is 0 Å². The minimum Gasteiger partial charge on any atom is -0.267 e. The van der Waals surface area contributed by atoms with Gasteiger partial charge in [-0.1, -0.05) is 17.7 Å². The number of benzene rings is 1. The largest absolute Gasteiger partial charge is 0.271 e. The van der Waals surface area contributed by atoms with Crippen molar-refractivity contribution in [3.8, 4) is 0 Å². The lowest BCUT2D eigenvalue weighted by Gasteiger charge is -1.99. The van der Waals surface area contributed by atoms with Crippen LogP contribution in [0.5, 0.6) is 0 Å². The van der Waals surface area contributed by atoms with Gasteiger partial charge in [-0.05, 0) is 40.2 Å². The van der Waals surface area contributed by atoms with Crippen LogP contribution >= 0.6 is 38.9 Å². The fourth-order valence-corrected chi connectivity index (χ4v) is 2.74. The van der Waals surface area contributed by atoms with Crippen molar-refractivity contribution in [3.63, 3.8) is 0 Å². The Balaban J connectivity index is 1.98. The van der Waals surface area contributed by atoms with Gasteiger partial charge in [-0.2, -0.15) is 5.10 Å². The number of amides is 1. The van der Waals surface area contributed by atoms with E-state index in [0.29, 0.717) is 10.6 Å². The third kappa shape index (κ3) is 3.66. The molecule has 0 fully saturated rings. The van der Waals surface area contributed by atoms with Gasteiger partial charge in [0, 0.05) is 25.3 Å². The van der Waals surface area contributed by atoms with Crippen LogP contribution in [0.15, 0.2) is 45.3 Å². The highest BCUT2D eigenvalue weighted by molar-refractivity contribution is 9.10. The Bertz CT molecular complexity index is 597. The molecule has 1 N–H and O–H groups in total. The zero-order chi connectivity index (χ0) is 13.0. The Morgan fingerprint density at radius 2 is 2.28 bits per heavy atom. The molecule has 1 aromatic heterocycles. The molecule has 0 bridgehead atoms. The minimum atomic E-state index is -0.288. The van der Waals surface area contributed by atoms with Crippen molar-refractivity contribution in [1.82, 2.24) is 5.43 Å². The summed E-state index contributed by atoms with van der Waals surface area (Å²) in [7, 11) is 0. The molecule has 3 nitrogen and oxygen atoms in total. The molecule has 0 spiro atoms. The smallest absolute Gasteiger partial charge is 0.267 e. The molecular formula is C12H8BrClN2OS. The summed E-state index contributed by atoms with van der Waals surface area (Å²) in [6.45, 7) is 0.